The molecule has 0 unspecified atom stereocenters. The van der Waals surface area contributed by atoms with Crippen LogP contribution in [0.2, 0.25) is 0 Å². The van der Waals surface area contributed by atoms with Crippen molar-refractivity contribution in [2.75, 3.05) is 13.1 Å². The zero-order valence-corrected chi connectivity index (χ0v) is 14.3. The molecule has 126 valence electrons. The topological polar surface area (TPSA) is 92.5 Å². The molecule has 0 radical (unpaired) electrons. The van der Waals surface area contributed by atoms with Gasteiger partial charge in [0.15, 0.2) is 0 Å². The zero-order valence-electron chi connectivity index (χ0n) is 13.5. The van der Waals surface area contributed by atoms with Crippen LogP contribution in [0.25, 0.3) is 0 Å². The molecule has 6 nitrogen and oxygen atoms in total. The van der Waals surface area contributed by atoms with Crippen LogP contribution in [-0.2, 0) is 9.59 Å². The van der Waals surface area contributed by atoms with Gasteiger partial charge in [-0.05, 0) is 30.2 Å². The molecule has 3 N–H and O–H groups in total. The minimum absolute atomic E-state index is 0.0344. The Morgan fingerprint density at radius 2 is 2.13 bits per heavy atom. The normalized spacial score (nSPS) is 19.4. The first-order chi connectivity index (χ1) is 10.9. The molecule has 1 fully saturated rings. The minimum atomic E-state index is -0.675. The highest BCUT2D eigenvalue weighted by molar-refractivity contribution is 7.12. The van der Waals surface area contributed by atoms with Gasteiger partial charge in [-0.3, -0.25) is 14.4 Å². The molecule has 1 aliphatic rings. The van der Waals surface area contributed by atoms with Gasteiger partial charge in [-0.15, -0.1) is 11.3 Å². The second-order valence-corrected chi connectivity index (χ2v) is 7.15. The van der Waals surface area contributed by atoms with E-state index in [2.05, 4.69) is 5.32 Å². The molecule has 1 aliphatic heterocycles. The Morgan fingerprint density at radius 3 is 2.70 bits per heavy atom. The maximum Gasteiger partial charge on any atom is 0.263 e. The van der Waals surface area contributed by atoms with Crippen molar-refractivity contribution in [3.8, 4) is 0 Å². The van der Waals surface area contributed by atoms with E-state index in [9.17, 15) is 14.4 Å². The molecule has 0 aliphatic carbocycles. The largest absolute Gasteiger partial charge is 0.368 e. The number of likely N-dealkylation sites (tertiary alicyclic amines) is 1. The van der Waals surface area contributed by atoms with Crippen LogP contribution >= 0.6 is 11.3 Å². The molecule has 7 heteroatoms. The van der Waals surface area contributed by atoms with Crippen molar-refractivity contribution in [1.29, 1.82) is 0 Å². The molecule has 1 saturated heterocycles. The minimum Gasteiger partial charge on any atom is -0.368 e. The van der Waals surface area contributed by atoms with Gasteiger partial charge in [-0.1, -0.05) is 19.9 Å². The predicted molar refractivity (Wildman–Crippen MR) is 88.9 cm³/mol. The summed E-state index contributed by atoms with van der Waals surface area (Å²) in [6, 6.07) is 2.95. The Kier molecular flexibility index (Phi) is 5.76. The summed E-state index contributed by atoms with van der Waals surface area (Å²) >= 11 is 1.40. The van der Waals surface area contributed by atoms with Gasteiger partial charge in [0.1, 0.15) is 6.04 Å². The van der Waals surface area contributed by atoms with E-state index >= 15 is 0 Å². The highest BCUT2D eigenvalue weighted by atomic mass is 32.1. The smallest absolute Gasteiger partial charge is 0.263 e. The molecule has 1 aromatic rings. The van der Waals surface area contributed by atoms with Crippen LogP contribution in [-0.4, -0.2) is 41.8 Å². The molecule has 2 heterocycles. The number of amides is 3. The molecule has 0 saturated carbocycles. The average Bonchev–Trinajstić information content (AvgIpc) is 3.05. The number of rotatable bonds is 5. The number of hydrogen-bond acceptors (Lipinski definition) is 4. The Labute approximate surface area is 140 Å². The fourth-order valence-electron chi connectivity index (χ4n) is 2.77. The number of piperidine rings is 1. The Morgan fingerprint density at radius 1 is 1.39 bits per heavy atom. The van der Waals surface area contributed by atoms with Gasteiger partial charge >= 0.3 is 0 Å². The third kappa shape index (κ3) is 4.31. The Hall–Kier alpha value is -1.89. The lowest BCUT2D eigenvalue weighted by Crippen LogP contribution is -2.52. The summed E-state index contributed by atoms with van der Waals surface area (Å²) < 4.78 is 0. The number of nitrogens with one attached hydrogen (secondary N) is 1. The fraction of sp³-hybridized carbons (Fsp3) is 0.562. The van der Waals surface area contributed by atoms with Gasteiger partial charge in [0.25, 0.3) is 5.91 Å². The summed E-state index contributed by atoms with van der Waals surface area (Å²) in [5.74, 6) is -1.13. The van der Waals surface area contributed by atoms with E-state index in [0.717, 1.165) is 6.42 Å². The molecule has 0 bridgehead atoms. The summed E-state index contributed by atoms with van der Waals surface area (Å²) in [7, 11) is 0. The summed E-state index contributed by atoms with van der Waals surface area (Å²) in [6.45, 7) is 4.71. The molecule has 0 aromatic carbocycles. The van der Waals surface area contributed by atoms with Crippen molar-refractivity contribution < 1.29 is 14.4 Å². The van der Waals surface area contributed by atoms with E-state index in [1.54, 1.807) is 11.0 Å². The number of primary amides is 1. The summed E-state index contributed by atoms with van der Waals surface area (Å²) in [6.07, 6.45) is 1.49. The zero-order chi connectivity index (χ0) is 17.0. The van der Waals surface area contributed by atoms with Gasteiger partial charge in [-0.2, -0.15) is 0 Å². The molecule has 2 atom stereocenters. The second-order valence-electron chi connectivity index (χ2n) is 6.20. The van der Waals surface area contributed by atoms with Crippen molar-refractivity contribution in [3.05, 3.63) is 22.4 Å². The van der Waals surface area contributed by atoms with Crippen molar-refractivity contribution in [3.63, 3.8) is 0 Å². The highest BCUT2D eigenvalue weighted by Crippen LogP contribution is 2.21. The molecule has 2 rings (SSSR count). The highest BCUT2D eigenvalue weighted by Gasteiger charge is 2.31. The third-order valence-electron chi connectivity index (χ3n) is 4.08. The number of nitrogens with zero attached hydrogens (tertiary/aromatic N) is 1. The molecular formula is C16H23N3O3S. The number of thiophene rings is 1. The van der Waals surface area contributed by atoms with Gasteiger partial charge < -0.3 is 16.0 Å². The lowest BCUT2D eigenvalue weighted by molar-refractivity contribution is -0.131. The average molecular weight is 337 g/mol. The van der Waals surface area contributed by atoms with Gasteiger partial charge in [-0.25, -0.2) is 0 Å². The third-order valence-corrected chi connectivity index (χ3v) is 4.94. The van der Waals surface area contributed by atoms with Crippen LogP contribution < -0.4 is 11.1 Å². The number of carbonyl (C=O) groups excluding carboxylic acids is 3. The van der Waals surface area contributed by atoms with Gasteiger partial charge in [0.05, 0.1) is 10.8 Å². The van der Waals surface area contributed by atoms with Crippen LogP contribution in [0.15, 0.2) is 17.5 Å². The fourth-order valence-corrected chi connectivity index (χ4v) is 3.46. The maximum atomic E-state index is 12.4. The van der Waals surface area contributed by atoms with Crippen LogP contribution in [0.4, 0.5) is 0 Å². The van der Waals surface area contributed by atoms with Crippen LogP contribution in [0.5, 0.6) is 0 Å². The van der Waals surface area contributed by atoms with E-state index in [1.165, 1.54) is 11.3 Å². The lowest BCUT2D eigenvalue weighted by Gasteiger charge is -2.32. The number of nitrogens with two attached hydrogens (primary N) is 1. The first kappa shape index (κ1) is 17.5. The van der Waals surface area contributed by atoms with Crippen molar-refractivity contribution in [2.24, 2.45) is 17.6 Å². The first-order valence-corrected chi connectivity index (χ1v) is 8.70. The van der Waals surface area contributed by atoms with E-state index in [-0.39, 0.29) is 23.7 Å². The van der Waals surface area contributed by atoms with Crippen LogP contribution in [0, 0.1) is 11.8 Å². The van der Waals surface area contributed by atoms with Gasteiger partial charge in [0, 0.05) is 13.1 Å². The summed E-state index contributed by atoms with van der Waals surface area (Å²) in [4.78, 5) is 38.6. The predicted octanol–water partition coefficient (Wildman–Crippen LogP) is 1.23. The standard InChI is InChI=1S/C16H23N3O3S/c1-10(2)13(14(17)20)18-15(21)11-5-3-7-19(9-11)16(22)12-6-4-8-23-12/h4,6,8,10-11,13H,3,5,7,9H2,1-2H3,(H2,17,20)(H,18,21)/t11-,13-/m1/s1. The Bertz CT molecular complexity index is 571. The van der Waals surface area contributed by atoms with E-state index in [4.69, 9.17) is 5.73 Å². The number of hydrogen-bond donors (Lipinski definition) is 2. The SMILES string of the molecule is CC(C)[C@@H](NC(=O)[C@@H]1CCCN(C(=O)c2cccs2)C1)C(N)=O. The molecule has 3 amide bonds. The second kappa shape index (κ2) is 7.59. The lowest BCUT2D eigenvalue weighted by atomic mass is 9.95. The monoisotopic (exact) mass is 337 g/mol. The van der Waals surface area contributed by atoms with Crippen molar-refractivity contribution >= 4 is 29.1 Å². The quantitative estimate of drug-likeness (QED) is 0.846. The summed E-state index contributed by atoms with van der Waals surface area (Å²) in [5, 5.41) is 4.59. The molecular weight excluding hydrogens is 314 g/mol. The van der Waals surface area contributed by atoms with Crippen LogP contribution in [0.1, 0.15) is 36.4 Å². The molecule has 23 heavy (non-hydrogen) atoms. The van der Waals surface area contributed by atoms with E-state index in [1.807, 2.05) is 25.3 Å². The summed E-state index contributed by atoms with van der Waals surface area (Å²) in [5.41, 5.74) is 5.34. The van der Waals surface area contributed by atoms with Crippen LogP contribution in [0.3, 0.4) is 0 Å². The van der Waals surface area contributed by atoms with E-state index in [0.29, 0.717) is 24.4 Å². The van der Waals surface area contributed by atoms with Gasteiger partial charge in [0.2, 0.25) is 11.8 Å². The molecule has 0 spiro atoms. The Balaban J connectivity index is 1.99. The first-order valence-electron chi connectivity index (χ1n) is 7.82. The van der Waals surface area contributed by atoms with Crippen molar-refractivity contribution in [2.45, 2.75) is 32.7 Å². The number of carbonyl (C=O) groups is 3. The van der Waals surface area contributed by atoms with E-state index < -0.39 is 11.9 Å². The maximum absolute atomic E-state index is 12.4. The van der Waals surface area contributed by atoms with Crippen molar-refractivity contribution in [1.82, 2.24) is 10.2 Å². The molecule has 1 aromatic heterocycles.